The maximum atomic E-state index is 6.03. The molecule has 94 valence electrons. The van der Waals surface area contributed by atoms with Crippen molar-refractivity contribution in [3.8, 4) is 0 Å². The van der Waals surface area contributed by atoms with Gasteiger partial charge in [-0.1, -0.05) is 18.5 Å². The van der Waals surface area contributed by atoms with Crippen LogP contribution in [0.1, 0.15) is 31.3 Å². The van der Waals surface area contributed by atoms with Crippen LogP contribution in [0.15, 0.2) is 6.07 Å². The van der Waals surface area contributed by atoms with Crippen LogP contribution in [0.4, 0.5) is 0 Å². The van der Waals surface area contributed by atoms with Crippen LogP contribution in [-0.2, 0) is 21.5 Å². The van der Waals surface area contributed by atoms with E-state index in [0.717, 1.165) is 25.0 Å². The van der Waals surface area contributed by atoms with Crippen molar-refractivity contribution in [2.75, 3.05) is 20.3 Å². The average molecular weight is 257 g/mol. The first kappa shape index (κ1) is 12.7. The fourth-order valence-corrected chi connectivity index (χ4v) is 2.28. The number of aromatic nitrogens is 2. The molecule has 0 radical (unpaired) electrons. The van der Waals surface area contributed by atoms with E-state index >= 15 is 0 Å². The van der Waals surface area contributed by atoms with Crippen molar-refractivity contribution < 1.29 is 9.47 Å². The fraction of sp³-hybridized carbons (Fsp3) is 0.667. The van der Waals surface area contributed by atoms with E-state index in [0.29, 0.717) is 24.2 Å². The topological polar surface area (TPSA) is 44.2 Å². The van der Waals surface area contributed by atoms with Crippen LogP contribution in [0.25, 0.3) is 0 Å². The molecule has 1 aliphatic rings. The molecular weight excluding hydrogens is 240 g/mol. The van der Waals surface area contributed by atoms with E-state index < -0.39 is 5.60 Å². The zero-order valence-electron chi connectivity index (χ0n) is 10.2. The monoisotopic (exact) mass is 256 g/mol. The highest BCUT2D eigenvalue weighted by atomic mass is 35.5. The molecule has 2 heterocycles. The first-order chi connectivity index (χ1) is 8.20. The quantitative estimate of drug-likeness (QED) is 0.779. The van der Waals surface area contributed by atoms with Crippen molar-refractivity contribution in [1.29, 1.82) is 0 Å². The Hall–Kier alpha value is -0.710. The van der Waals surface area contributed by atoms with Crippen LogP contribution in [0.3, 0.4) is 0 Å². The van der Waals surface area contributed by atoms with E-state index in [9.17, 15) is 0 Å². The Bertz CT molecular complexity index is 392. The van der Waals surface area contributed by atoms with Crippen molar-refractivity contribution in [3.05, 3.63) is 22.7 Å². The predicted molar refractivity (Wildman–Crippen MR) is 65.2 cm³/mol. The Morgan fingerprint density at radius 2 is 2.12 bits per heavy atom. The molecule has 0 N–H and O–H groups in total. The third-order valence-corrected chi connectivity index (χ3v) is 3.40. The number of aryl methyl sites for hydroxylation is 1. The predicted octanol–water partition coefficient (Wildman–Crippen LogP) is 2.34. The highest BCUT2D eigenvalue weighted by molar-refractivity contribution is 6.29. The van der Waals surface area contributed by atoms with Crippen LogP contribution in [0, 0.1) is 0 Å². The third kappa shape index (κ3) is 2.59. The van der Waals surface area contributed by atoms with E-state index in [4.69, 9.17) is 21.1 Å². The van der Waals surface area contributed by atoms with Gasteiger partial charge in [0.05, 0.1) is 0 Å². The molecule has 0 aliphatic carbocycles. The van der Waals surface area contributed by atoms with Crippen molar-refractivity contribution in [1.82, 2.24) is 9.97 Å². The van der Waals surface area contributed by atoms with E-state index in [2.05, 4.69) is 9.97 Å². The molecule has 0 amide bonds. The molecule has 0 unspecified atom stereocenters. The molecule has 0 bridgehead atoms. The second-order valence-electron chi connectivity index (χ2n) is 4.17. The van der Waals surface area contributed by atoms with Gasteiger partial charge in [-0.25, -0.2) is 9.97 Å². The number of ether oxygens (including phenoxy) is 2. The smallest absolute Gasteiger partial charge is 0.162 e. The average Bonchev–Trinajstić information content (AvgIpc) is 2.38. The second kappa shape index (κ2) is 5.29. The maximum Gasteiger partial charge on any atom is 0.162 e. The molecule has 17 heavy (non-hydrogen) atoms. The molecule has 0 spiro atoms. The van der Waals surface area contributed by atoms with E-state index in [1.165, 1.54) is 0 Å². The maximum absolute atomic E-state index is 6.03. The van der Waals surface area contributed by atoms with Crippen molar-refractivity contribution in [2.45, 2.75) is 31.8 Å². The summed E-state index contributed by atoms with van der Waals surface area (Å²) in [6.07, 6.45) is 2.38. The van der Waals surface area contributed by atoms with Crippen LogP contribution in [-0.4, -0.2) is 30.3 Å². The normalized spacial score (nSPS) is 19.2. The van der Waals surface area contributed by atoms with Crippen molar-refractivity contribution in [3.63, 3.8) is 0 Å². The number of nitrogens with zero attached hydrogens (tertiary/aromatic N) is 2. The van der Waals surface area contributed by atoms with Gasteiger partial charge in [0.25, 0.3) is 0 Å². The molecule has 4 nitrogen and oxygen atoms in total. The molecule has 1 aliphatic heterocycles. The van der Waals surface area contributed by atoms with E-state index in [1.54, 1.807) is 13.2 Å². The molecule has 1 saturated heterocycles. The highest BCUT2D eigenvalue weighted by Crippen LogP contribution is 2.33. The Morgan fingerprint density at radius 3 is 2.71 bits per heavy atom. The molecule has 1 aromatic rings. The van der Waals surface area contributed by atoms with Gasteiger partial charge in [-0.15, -0.1) is 0 Å². The first-order valence-electron chi connectivity index (χ1n) is 5.87. The van der Waals surface area contributed by atoms with Gasteiger partial charge in [-0.3, -0.25) is 0 Å². The van der Waals surface area contributed by atoms with Crippen LogP contribution in [0.2, 0.25) is 5.15 Å². The highest BCUT2D eigenvalue weighted by Gasteiger charge is 2.37. The summed E-state index contributed by atoms with van der Waals surface area (Å²) in [5.74, 6) is 0.688. The van der Waals surface area contributed by atoms with Crippen LogP contribution >= 0.6 is 11.6 Å². The largest absolute Gasteiger partial charge is 0.381 e. The minimum absolute atomic E-state index is 0.437. The Morgan fingerprint density at radius 1 is 1.41 bits per heavy atom. The van der Waals surface area contributed by atoms with Gasteiger partial charge in [0, 0.05) is 38.9 Å². The lowest BCUT2D eigenvalue weighted by atomic mass is 9.93. The summed E-state index contributed by atoms with van der Waals surface area (Å²) < 4.78 is 11.0. The summed E-state index contributed by atoms with van der Waals surface area (Å²) >= 11 is 6.03. The lowest BCUT2D eigenvalue weighted by Gasteiger charge is -2.34. The number of methoxy groups -OCH3 is 1. The molecule has 0 saturated carbocycles. The number of halogens is 1. The molecule has 0 aromatic carbocycles. The van der Waals surface area contributed by atoms with E-state index in [-0.39, 0.29) is 0 Å². The zero-order chi connectivity index (χ0) is 12.3. The summed E-state index contributed by atoms with van der Waals surface area (Å²) in [4.78, 5) is 8.86. The van der Waals surface area contributed by atoms with E-state index in [1.807, 2.05) is 6.92 Å². The summed E-state index contributed by atoms with van der Waals surface area (Å²) in [6, 6.07) is 1.80. The minimum Gasteiger partial charge on any atom is -0.381 e. The third-order valence-electron chi connectivity index (χ3n) is 3.21. The molecule has 1 fully saturated rings. The lowest BCUT2D eigenvalue weighted by molar-refractivity contribution is -0.100. The van der Waals surface area contributed by atoms with Gasteiger partial charge in [-0.05, 0) is 12.5 Å². The fourth-order valence-electron chi connectivity index (χ4n) is 2.07. The molecule has 5 heteroatoms. The van der Waals surface area contributed by atoms with Gasteiger partial charge in [0.15, 0.2) is 5.82 Å². The Kier molecular flexibility index (Phi) is 3.97. The van der Waals surface area contributed by atoms with Crippen LogP contribution < -0.4 is 0 Å². The molecular formula is C12H17ClN2O2. The van der Waals surface area contributed by atoms with Gasteiger partial charge in [0.2, 0.25) is 0 Å². The number of hydrogen-bond acceptors (Lipinski definition) is 4. The van der Waals surface area contributed by atoms with Gasteiger partial charge < -0.3 is 9.47 Å². The minimum atomic E-state index is -0.437. The lowest BCUT2D eigenvalue weighted by Crippen LogP contribution is -2.37. The standard InChI is InChI=1S/C12H17ClN2O2/c1-3-9-8-10(13)15-11(14-9)12(16-2)4-6-17-7-5-12/h8H,3-7H2,1-2H3. The molecule has 2 rings (SSSR count). The first-order valence-corrected chi connectivity index (χ1v) is 6.25. The SMILES string of the molecule is CCc1cc(Cl)nc(C2(OC)CCOCC2)n1. The summed E-state index contributed by atoms with van der Waals surface area (Å²) in [6.45, 7) is 3.39. The number of hydrogen-bond donors (Lipinski definition) is 0. The van der Waals surface area contributed by atoms with Gasteiger partial charge in [-0.2, -0.15) is 0 Å². The van der Waals surface area contributed by atoms with Gasteiger partial charge in [0.1, 0.15) is 10.8 Å². The summed E-state index contributed by atoms with van der Waals surface area (Å²) in [5, 5.41) is 0.481. The summed E-state index contributed by atoms with van der Waals surface area (Å²) in [5.41, 5.74) is 0.510. The van der Waals surface area contributed by atoms with Gasteiger partial charge >= 0.3 is 0 Å². The summed E-state index contributed by atoms with van der Waals surface area (Å²) in [7, 11) is 1.70. The second-order valence-corrected chi connectivity index (χ2v) is 4.56. The molecule has 1 aromatic heterocycles. The number of rotatable bonds is 3. The Labute approximate surface area is 106 Å². The van der Waals surface area contributed by atoms with Crippen molar-refractivity contribution in [2.24, 2.45) is 0 Å². The zero-order valence-corrected chi connectivity index (χ0v) is 11.0. The van der Waals surface area contributed by atoms with Crippen LogP contribution in [0.5, 0.6) is 0 Å². The molecule has 0 atom stereocenters. The Balaban J connectivity index is 2.38. The van der Waals surface area contributed by atoms with Crippen molar-refractivity contribution >= 4 is 11.6 Å².